The molecule has 0 bridgehead atoms. The van der Waals surface area contributed by atoms with Gasteiger partial charge >= 0.3 is 6.03 Å². The van der Waals surface area contributed by atoms with Gasteiger partial charge in [0.05, 0.1) is 12.3 Å². The van der Waals surface area contributed by atoms with E-state index in [0.717, 1.165) is 22.4 Å². The number of hydrogen-bond donors (Lipinski definition) is 2. The molecule has 134 valence electrons. The van der Waals surface area contributed by atoms with Crippen molar-refractivity contribution in [2.45, 2.75) is 12.5 Å². The molecular weight excluding hydrogens is 337 g/mol. The lowest BCUT2D eigenvalue weighted by Gasteiger charge is -2.08. The maximum atomic E-state index is 13.0. The first-order chi connectivity index (χ1) is 12.5. The number of nitrogens with two attached hydrogens (primary N) is 1. The number of nitrogens with zero attached hydrogens (tertiary/aromatic N) is 2. The standard InChI is InChI=1S/C19H18FN3O3/c20-16-8-6-14(7-9-16)18-12-17(22-26-18)15-5-1-3-13(11-15)4-2-10-23(25)19(21)24/h1-9,11,18,25H,10,12H2,(H2,21,24). The van der Waals surface area contributed by atoms with Gasteiger partial charge in [-0.25, -0.2) is 14.2 Å². The second-order valence-electron chi connectivity index (χ2n) is 5.84. The first-order valence-electron chi connectivity index (χ1n) is 8.04. The molecule has 3 rings (SSSR count). The van der Waals surface area contributed by atoms with Crippen LogP contribution in [0.15, 0.2) is 59.8 Å². The molecule has 2 aromatic carbocycles. The van der Waals surface area contributed by atoms with Crippen LogP contribution in [0.2, 0.25) is 0 Å². The molecule has 1 atom stereocenters. The zero-order valence-electron chi connectivity index (χ0n) is 13.9. The van der Waals surface area contributed by atoms with E-state index in [4.69, 9.17) is 10.6 Å². The SMILES string of the molecule is NC(=O)N(O)CC=Cc1cccc(C2=NOC(c3ccc(F)cc3)C2)c1. The number of halogens is 1. The summed E-state index contributed by atoms with van der Waals surface area (Å²) in [5, 5.41) is 13.8. The molecule has 0 aromatic heterocycles. The highest BCUT2D eigenvalue weighted by Gasteiger charge is 2.23. The third-order valence-corrected chi connectivity index (χ3v) is 3.97. The van der Waals surface area contributed by atoms with Gasteiger partial charge in [0.1, 0.15) is 5.82 Å². The zero-order chi connectivity index (χ0) is 18.5. The van der Waals surface area contributed by atoms with E-state index in [1.165, 1.54) is 12.1 Å². The van der Waals surface area contributed by atoms with Crippen molar-refractivity contribution < 1.29 is 19.2 Å². The van der Waals surface area contributed by atoms with E-state index in [1.54, 1.807) is 24.3 Å². The lowest BCUT2D eigenvalue weighted by Crippen LogP contribution is -2.32. The average molecular weight is 355 g/mol. The minimum Gasteiger partial charge on any atom is -0.387 e. The van der Waals surface area contributed by atoms with Gasteiger partial charge in [-0.05, 0) is 29.3 Å². The van der Waals surface area contributed by atoms with E-state index in [1.807, 2.05) is 24.3 Å². The second-order valence-corrected chi connectivity index (χ2v) is 5.84. The lowest BCUT2D eigenvalue weighted by molar-refractivity contribution is -0.0286. The lowest BCUT2D eigenvalue weighted by atomic mass is 9.99. The number of carbonyl (C=O) groups excluding carboxylic acids is 1. The number of benzene rings is 2. The van der Waals surface area contributed by atoms with Crippen molar-refractivity contribution in [3.05, 3.63) is 77.1 Å². The van der Waals surface area contributed by atoms with Crippen molar-refractivity contribution in [3.63, 3.8) is 0 Å². The van der Waals surface area contributed by atoms with Gasteiger partial charge in [-0.3, -0.25) is 5.21 Å². The van der Waals surface area contributed by atoms with Crippen LogP contribution in [0.4, 0.5) is 9.18 Å². The number of carbonyl (C=O) groups is 1. The van der Waals surface area contributed by atoms with E-state index < -0.39 is 6.03 Å². The molecule has 2 amide bonds. The fraction of sp³-hybridized carbons (Fsp3) is 0.158. The highest BCUT2D eigenvalue weighted by Crippen LogP contribution is 2.29. The van der Waals surface area contributed by atoms with Gasteiger partial charge in [0.25, 0.3) is 0 Å². The second kappa shape index (κ2) is 7.79. The minimum atomic E-state index is -0.910. The van der Waals surface area contributed by atoms with Gasteiger partial charge in [0.2, 0.25) is 0 Å². The van der Waals surface area contributed by atoms with Crippen molar-refractivity contribution in [2.75, 3.05) is 6.54 Å². The maximum Gasteiger partial charge on any atom is 0.338 e. The van der Waals surface area contributed by atoms with Gasteiger partial charge in [-0.1, -0.05) is 47.6 Å². The summed E-state index contributed by atoms with van der Waals surface area (Å²) in [4.78, 5) is 16.2. The predicted octanol–water partition coefficient (Wildman–Crippen LogP) is 3.47. The molecule has 0 aliphatic carbocycles. The predicted molar refractivity (Wildman–Crippen MR) is 94.9 cm³/mol. The first-order valence-corrected chi connectivity index (χ1v) is 8.04. The molecule has 6 nitrogen and oxygen atoms in total. The molecule has 3 N–H and O–H groups in total. The van der Waals surface area contributed by atoms with Crippen molar-refractivity contribution in [1.29, 1.82) is 0 Å². The maximum absolute atomic E-state index is 13.0. The largest absolute Gasteiger partial charge is 0.387 e. The van der Waals surface area contributed by atoms with Crippen LogP contribution < -0.4 is 5.73 Å². The molecule has 7 heteroatoms. The third kappa shape index (κ3) is 4.25. The quantitative estimate of drug-likeness (QED) is 0.636. The Bertz CT molecular complexity index is 849. The summed E-state index contributed by atoms with van der Waals surface area (Å²) < 4.78 is 13.0. The van der Waals surface area contributed by atoms with Crippen LogP contribution >= 0.6 is 0 Å². The van der Waals surface area contributed by atoms with E-state index >= 15 is 0 Å². The smallest absolute Gasteiger partial charge is 0.338 e. The average Bonchev–Trinajstić information content (AvgIpc) is 3.12. The summed E-state index contributed by atoms with van der Waals surface area (Å²) >= 11 is 0. The highest BCUT2D eigenvalue weighted by molar-refractivity contribution is 6.01. The number of hydrogen-bond acceptors (Lipinski definition) is 4. The Balaban J connectivity index is 1.66. The topological polar surface area (TPSA) is 88.2 Å². The molecule has 26 heavy (non-hydrogen) atoms. The van der Waals surface area contributed by atoms with Crippen LogP contribution in [0, 0.1) is 5.82 Å². The fourth-order valence-corrected chi connectivity index (χ4v) is 2.60. The van der Waals surface area contributed by atoms with Crippen molar-refractivity contribution in [1.82, 2.24) is 5.06 Å². The number of amides is 2. The van der Waals surface area contributed by atoms with Crippen molar-refractivity contribution in [3.8, 4) is 0 Å². The molecule has 1 heterocycles. The summed E-state index contributed by atoms with van der Waals surface area (Å²) in [5.41, 5.74) is 8.41. The molecule has 1 aliphatic rings. The molecule has 1 aliphatic heterocycles. The molecule has 0 radical (unpaired) electrons. The fourth-order valence-electron chi connectivity index (χ4n) is 2.60. The third-order valence-electron chi connectivity index (χ3n) is 3.97. The number of oxime groups is 1. The van der Waals surface area contributed by atoms with Crippen LogP contribution in [0.1, 0.15) is 29.2 Å². The molecule has 0 fully saturated rings. The van der Waals surface area contributed by atoms with Crippen molar-refractivity contribution in [2.24, 2.45) is 10.9 Å². The van der Waals surface area contributed by atoms with E-state index in [-0.39, 0.29) is 18.5 Å². The van der Waals surface area contributed by atoms with Crippen LogP contribution in [0.25, 0.3) is 6.08 Å². The van der Waals surface area contributed by atoms with E-state index in [0.29, 0.717) is 11.5 Å². The van der Waals surface area contributed by atoms with Gasteiger partial charge in [0, 0.05) is 12.0 Å². The van der Waals surface area contributed by atoms with Crippen LogP contribution in [-0.2, 0) is 4.84 Å². The Kier molecular flexibility index (Phi) is 5.28. The van der Waals surface area contributed by atoms with Crippen LogP contribution in [0.5, 0.6) is 0 Å². The first kappa shape index (κ1) is 17.6. The van der Waals surface area contributed by atoms with E-state index in [9.17, 15) is 14.4 Å². The minimum absolute atomic E-state index is 0.00371. The molecule has 1 unspecified atom stereocenters. The molecule has 0 spiro atoms. The number of hydroxylamine groups is 2. The molecular formula is C19H18FN3O3. The Morgan fingerprint density at radius 2 is 2.12 bits per heavy atom. The Hall–Kier alpha value is -3.19. The Morgan fingerprint density at radius 3 is 2.85 bits per heavy atom. The monoisotopic (exact) mass is 355 g/mol. The zero-order valence-corrected chi connectivity index (χ0v) is 13.9. The van der Waals surface area contributed by atoms with Crippen LogP contribution in [0.3, 0.4) is 0 Å². The van der Waals surface area contributed by atoms with Crippen LogP contribution in [-0.4, -0.2) is 28.6 Å². The number of urea groups is 1. The summed E-state index contributed by atoms with van der Waals surface area (Å²) in [6.07, 6.45) is 3.75. The molecule has 2 aromatic rings. The van der Waals surface area contributed by atoms with Gasteiger partial charge in [-0.15, -0.1) is 0 Å². The van der Waals surface area contributed by atoms with Gasteiger partial charge < -0.3 is 10.6 Å². The summed E-state index contributed by atoms with van der Waals surface area (Å²) in [6, 6.07) is 12.9. The Labute approximate surface area is 149 Å². The molecule has 0 saturated carbocycles. The van der Waals surface area contributed by atoms with Gasteiger partial charge in [0.15, 0.2) is 6.10 Å². The normalized spacial score (nSPS) is 16.4. The highest BCUT2D eigenvalue weighted by atomic mass is 19.1. The van der Waals surface area contributed by atoms with Gasteiger partial charge in [-0.2, -0.15) is 0 Å². The Morgan fingerprint density at radius 1 is 1.35 bits per heavy atom. The summed E-state index contributed by atoms with van der Waals surface area (Å²) in [6.45, 7) is -0.00371. The summed E-state index contributed by atoms with van der Waals surface area (Å²) in [7, 11) is 0. The number of primary amides is 1. The van der Waals surface area contributed by atoms with E-state index in [2.05, 4.69) is 5.16 Å². The summed E-state index contributed by atoms with van der Waals surface area (Å²) in [5.74, 6) is -0.287. The number of rotatable bonds is 5. The molecule has 0 saturated heterocycles. The van der Waals surface area contributed by atoms with Crippen molar-refractivity contribution >= 4 is 17.8 Å².